The number of carbonyl (C=O) groups is 1. The summed E-state index contributed by atoms with van der Waals surface area (Å²) < 4.78 is 6.94. The third-order valence-corrected chi connectivity index (χ3v) is 4.84. The molecular formula is C17H22N6O2. The molecule has 1 N–H and O–H groups in total. The van der Waals surface area contributed by atoms with Gasteiger partial charge in [0.1, 0.15) is 6.54 Å². The third kappa shape index (κ3) is 3.69. The van der Waals surface area contributed by atoms with Gasteiger partial charge in [-0.25, -0.2) is 4.68 Å². The Bertz CT molecular complexity index is 740. The summed E-state index contributed by atoms with van der Waals surface area (Å²) in [5, 5.41) is 14.9. The molecule has 0 bridgehead atoms. The maximum Gasteiger partial charge on any atom is 0.242 e. The monoisotopic (exact) mass is 342 g/mol. The van der Waals surface area contributed by atoms with Gasteiger partial charge < -0.3 is 10.1 Å². The molecule has 0 saturated carbocycles. The minimum absolute atomic E-state index is 0.0581. The lowest BCUT2D eigenvalue weighted by Crippen LogP contribution is -2.37. The number of nitrogens with one attached hydrogen (secondary N) is 1. The van der Waals surface area contributed by atoms with Crippen molar-refractivity contribution in [1.29, 1.82) is 0 Å². The zero-order chi connectivity index (χ0) is 17.1. The first-order valence-corrected chi connectivity index (χ1v) is 8.72. The van der Waals surface area contributed by atoms with Gasteiger partial charge in [0.2, 0.25) is 5.91 Å². The number of amides is 1. The highest BCUT2D eigenvalue weighted by Gasteiger charge is 2.24. The standard InChI is InChI=1S/C17H22N6O2/c24-17(18-15-6-5-13-3-1-2-4-14(13)15)12-23-16(19-20-21-23)11-22-7-9-25-10-8-22/h1-4,15H,5-12H2,(H,18,24). The Kier molecular flexibility index (Phi) is 4.71. The number of carbonyl (C=O) groups excluding carboxylic acids is 1. The second-order valence-corrected chi connectivity index (χ2v) is 6.50. The Labute approximate surface area is 146 Å². The molecule has 132 valence electrons. The first-order valence-electron chi connectivity index (χ1n) is 8.72. The lowest BCUT2D eigenvalue weighted by molar-refractivity contribution is -0.122. The molecule has 8 nitrogen and oxygen atoms in total. The van der Waals surface area contributed by atoms with Crippen molar-refractivity contribution < 1.29 is 9.53 Å². The van der Waals surface area contributed by atoms with Crippen LogP contribution in [0.5, 0.6) is 0 Å². The maximum atomic E-state index is 12.5. The lowest BCUT2D eigenvalue weighted by Gasteiger charge is -2.25. The molecule has 1 aliphatic carbocycles. The summed E-state index contributed by atoms with van der Waals surface area (Å²) in [5.41, 5.74) is 2.55. The first-order chi connectivity index (χ1) is 12.3. The van der Waals surface area contributed by atoms with Gasteiger partial charge >= 0.3 is 0 Å². The molecule has 1 fully saturated rings. The number of morpholine rings is 1. The Morgan fingerprint density at radius 2 is 2.12 bits per heavy atom. The van der Waals surface area contributed by atoms with Crippen LogP contribution in [0.4, 0.5) is 0 Å². The summed E-state index contributed by atoms with van der Waals surface area (Å²) in [6.45, 7) is 3.95. The molecule has 2 heterocycles. The van der Waals surface area contributed by atoms with Crippen LogP contribution in [0.15, 0.2) is 24.3 Å². The van der Waals surface area contributed by atoms with Crippen molar-refractivity contribution in [3.63, 3.8) is 0 Å². The average molecular weight is 342 g/mol. The van der Waals surface area contributed by atoms with E-state index in [1.165, 1.54) is 11.1 Å². The highest BCUT2D eigenvalue weighted by molar-refractivity contribution is 5.76. The van der Waals surface area contributed by atoms with Gasteiger partial charge in [-0.15, -0.1) is 5.10 Å². The average Bonchev–Trinajstić information content (AvgIpc) is 3.23. The Balaban J connectivity index is 1.36. The SMILES string of the molecule is O=C(Cn1nnnc1CN1CCOCC1)NC1CCc2ccccc21. The van der Waals surface area contributed by atoms with Gasteiger partial charge in [0.25, 0.3) is 0 Å². The van der Waals surface area contributed by atoms with Crippen molar-refractivity contribution >= 4 is 5.91 Å². The van der Waals surface area contributed by atoms with E-state index in [0.717, 1.165) is 39.1 Å². The van der Waals surface area contributed by atoms with E-state index < -0.39 is 0 Å². The molecule has 1 aromatic heterocycles. The molecule has 1 amide bonds. The molecule has 8 heteroatoms. The zero-order valence-electron chi connectivity index (χ0n) is 14.1. The van der Waals surface area contributed by atoms with Crippen LogP contribution in [0.25, 0.3) is 0 Å². The number of aryl methyl sites for hydroxylation is 1. The smallest absolute Gasteiger partial charge is 0.242 e. The maximum absolute atomic E-state index is 12.5. The molecule has 1 aromatic carbocycles. The van der Waals surface area contributed by atoms with Gasteiger partial charge in [-0.05, 0) is 34.4 Å². The molecule has 4 rings (SSSR count). The fourth-order valence-electron chi connectivity index (χ4n) is 3.50. The number of benzene rings is 1. The summed E-state index contributed by atoms with van der Waals surface area (Å²) >= 11 is 0. The predicted molar refractivity (Wildman–Crippen MR) is 89.6 cm³/mol. The molecule has 2 aromatic rings. The van der Waals surface area contributed by atoms with Crippen LogP contribution < -0.4 is 5.32 Å². The predicted octanol–water partition coefficient (Wildman–Crippen LogP) is 0.309. The van der Waals surface area contributed by atoms with Crippen molar-refractivity contribution in [1.82, 2.24) is 30.4 Å². The van der Waals surface area contributed by atoms with Crippen LogP contribution in [-0.4, -0.2) is 57.3 Å². The third-order valence-electron chi connectivity index (χ3n) is 4.84. The minimum Gasteiger partial charge on any atom is -0.379 e. The molecule has 1 atom stereocenters. The molecule has 0 radical (unpaired) electrons. The van der Waals surface area contributed by atoms with E-state index in [9.17, 15) is 4.79 Å². The van der Waals surface area contributed by atoms with Gasteiger partial charge in [-0.3, -0.25) is 9.69 Å². The van der Waals surface area contributed by atoms with Crippen molar-refractivity contribution in [2.75, 3.05) is 26.3 Å². The van der Waals surface area contributed by atoms with E-state index in [1.807, 2.05) is 12.1 Å². The van der Waals surface area contributed by atoms with Crippen LogP contribution in [0.3, 0.4) is 0 Å². The summed E-state index contributed by atoms with van der Waals surface area (Å²) in [5.74, 6) is 0.654. The van der Waals surface area contributed by atoms with E-state index in [0.29, 0.717) is 12.4 Å². The summed E-state index contributed by atoms with van der Waals surface area (Å²) in [7, 11) is 0. The largest absolute Gasteiger partial charge is 0.379 e. The van der Waals surface area contributed by atoms with Crippen LogP contribution in [0.1, 0.15) is 29.4 Å². The molecule has 25 heavy (non-hydrogen) atoms. The number of aromatic nitrogens is 4. The molecule has 2 aliphatic rings. The first kappa shape index (κ1) is 16.2. The Hall–Kier alpha value is -2.32. The van der Waals surface area contributed by atoms with Crippen molar-refractivity contribution in [2.24, 2.45) is 0 Å². The van der Waals surface area contributed by atoms with E-state index in [4.69, 9.17) is 4.74 Å². The number of tetrazole rings is 1. The fraction of sp³-hybridized carbons (Fsp3) is 0.529. The number of fused-ring (bicyclic) bond motifs is 1. The number of rotatable bonds is 5. The van der Waals surface area contributed by atoms with E-state index >= 15 is 0 Å². The Morgan fingerprint density at radius 1 is 1.28 bits per heavy atom. The number of nitrogens with zero attached hydrogens (tertiary/aromatic N) is 5. The van der Waals surface area contributed by atoms with E-state index in [1.54, 1.807) is 4.68 Å². The topological polar surface area (TPSA) is 85.2 Å². The van der Waals surface area contributed by atoms with Crippen LogP contribution in [0.2, 0.25) is 0 Å². The van der Waals surface area contributed by atoms with Crippen molar-refractivity contribution in [2.45, 2.75) is 32.0 Å². The summed E-state index contributed by atoms with van der Waals surface area (Å²) in [6.07, 6.45) is 1.95. The van der Waals surface area contributed by atoms with Gasteiger partial charge in [0.15, 0.2) is 5.82 Å². The molecule has 1 saturated heterocycles. The molecule has 1 aliphatic heterocycles. The second-order valence-electron chi connectivity index (χ2n) is 6.50. The Morgan fingerprint density at radius 3 is 3.00 bits per heavy atom. The number of ether oxygens (including phenoxy) is 1. The van der Waals surface area contributed by atoms with E-state index in [2.05, 4.69) is 37.9 Å². The van der Waals surface area contributed by atoms with Gasteiger partial charge in [-0.2, -0.15) is 0 Å². The van der Waals surface area contributed by atoms with Crippen molar-refractivity contribution in [3.05, 3.63) is 41.2 Å². The summed E-state index contributed by atoms with van der Waals surface area (Å²) in [6, 6.07) is 8.37. The molecular weight excluding hydrogens is 320 g/mol. The van der Waals surface area contributed by atoms with Crippen LogP contribution >= 0.6 is 0 Å². The normalized spacial score (nSPS) is 20.4. The zero-order valence-corrected chi connectivity index (χ0v) is 14.1. The second kappa shape index (κ2) is 7.28. The minimum atomic E-state index is -0.0581. The van der Waals surface area contributed by atoms with Gasteiger partial charge in [0, 0.05) is 13.1 Å². The summed E-state index contributed by atoms with van der Waals surface area (Å²) in [4.78, 5) is 14.7. The molecule has 0 spiro atoms. The number of hydrogen-bond acceptors (Lipinski definition) is 6. The fourth-order valence-corrected chi connectivity index (χ4v) is 3.50. The highest BCUT2D eigenvalue weighted by atomic mass is 16.5. The quantitative estimate of drug-likeness (QED) is 0.842. The van der Waals surface area contributed by atoms with Crippen molar-refractivity contribution in [3.8, 4) is 0 Å². The number of hydrogen-bond donors (Lipinski definition) is 1. The lowest BCUT2D eigenvalue weighted by atomic mass is 10.1. The van der Waals surface area contributed by atoms with Crippen LogP contribution in [-0.2, 0) is 29.0 Å². The molecule has 1 unspecified atom stereocenters. The van der Waals surface area contributed by atoms with Crippen LogP contribution in [0, 0.1) is 0 Å². The van der Waals surface area contributed by atoms with E-state index in [-0.39, 0.29) is 18.5 Å². The van der Waals surface area contributed by atoms with Gasteiger partial charge in [-0.1, -0.05) is 24.3 Å². The van der Waals surface area contributed by atoms with Gasteiger partial charge in [0.05, 0.1) is 25.8 Å². The highest BCUT2D eigenvalue weighted by Crippen LogP contribution is 2.30.